The number of nitrogens with zero attached hydrogens (tertiary/aromatic N) is 1. The number of aryl methyl sites for hydroxylation is 1. The lowest BCUT2D eigenvalue weighted by atomic mass is 9.86. The molecule has 0 unspecified atom stereocenters. The Labute approximate surface area is 200 Å². The fraction of sp³-hybridized carbons (Fsp3) is 0.655. The van der Waals surface area contributed by atoms with Crippen molar-refractivity contribution in [3.05, 3.63) is 41.5 Å². The van der Waals surface area contributed by atoms with Crippen LogP contribution in [0.15, 0.2) is 30.4 Å². The Morgan fingerprint density at radius 3 is 2.82 bits per heavy atom. The second-order valence-corrected chi connectivity index (χ2v) is 10.2. The highest BCUT2D eigenvalue weighted by molar-refractivity contribution is 5.49. The molecule has 0 radical (unpaired) electrons. The molecule has 1 aliphatic carbocycles. The van der Waals surface area contributed by atoms with Gasteiger partial charge in [-0.05, 0) is 70.1 Å². The molecule has 0 aromatic heterocycles. The summed E-state index contributed by atoms with van der Waals surface area (Å²) in [6, 6.07) is 6.53. The average molecular weight is 452 g/mol. The fourth-order valence-corrected chi connectivity index (χ4v) is 5.81. The molecule has 1 saturated carbocycles. The first-order valence-electron chi connectivity index (χ1n) is 13.0. The number of hydrogen-bond donors (Lipinski definition) is 2. The molecule has 4 nitrogen and oxygen atoms in total. The maximum atomic E-state index is 10.7. The van der Waals surface area contributed by atoms with Gasteiger partial charge in [-0.2, -0.15) is 0 Å². The van der Waals surface area contributed by atoms with Crippen LogP contribution in [0.3, 0.4) is 0 Å². The van der Waals surface area contributed by atoms with E-state index in [0.717, 1.165) is 12.2 Å². The molecule has 0 amide bonds. The largest absolute Gasteiger partial charge is 0.489 e. The number of benzene rings is 1. The molecule has 1 aromatic carbocycles. The minimum absolute atomic E-state index is 0.0234. The van der Waals surface area contributed by atoms with E-state index in [1.807, 2.05) is 26.0 Å². The monoisotopic (exact) mass is 451 g/mol. The lowest BCUT2D eigenvalue weighted by molar-refractivity contribution is 0.134. The maximum absolute atomic E-state index is 10.7. The minimum Gasteiger partial charge on any atom is -0.489 e. The van der Waals surface area contributed by atoms with Crippen molar-refractivity contribution in [1.82, 2.24) is 4.90 Å². The normalized spacial score (nSPS) is 28.6. The van der Waals surface area contributed by atoms with Gasteiger partial charge in [-0.1, -0.05) is 43.7 Å². The molecule has 4 heteroatoms. The Morgan fingerprint density at radius 2 is 2.03 bits per heavy atom. The highest BCUT2D eigenvalue weighted by atomic mass is 16.5. The van der Waals surface area contributed by atoms with Gasteiger partial charge in [0.2, 0.25) is 0 Å². The van der Waals surface area contributed by atoms with Crippen molar-refractivity contribution in [1.29, 1.82) is 0 Å². The summed E-state index contributed by atoms with van der Waals surface area (Å²) >= 11 is 0. The summed E-state index contributed by atoms with van der Waals surface area (Å²) in [6.07, 6.45) is 11.8. The number of hydrogen-bond acceptors (Lipinski definition) is 4. The van der Waals surface area contributed by atoms with Crippen molar-refractivity contribution >= 4 is 0 Å². The van der Waals surface area contributed by atoms with Gasteiger partial charge < -0.3 is 19.8 Å². The van der Waals surface area contributed by atoms with Crippen molar-refractivity contribution in [2.24, 2.45) is 11.8 Å². The van der Waals surface area contributed by atoms with Crippen molar-refractivity contribution in [3.8, 4) is 17.6 Å². The van der Waals surface area contributed by atoms with Crippen molar-refractivity contribution < 1.29 is 14.9 Å². The van der Waals surface area contributed by atoms with E-state index in [1.54, 1.807) is 0 Å². The van der Waals surface area contributed by atoms with Gasteiger partial charge in [0.1, 0.15) is 11.9 Å². The Bertz CT molecular complexity index is 863. The Morgan fingerprint density at radius 1 is 1.21 bits per heavy atom. The molecule has 0 spiro atoms. The van der Waals surface area contributed by atoms with Gasteiger partial charge in [0.15, 0.2) is 0 Å². The van der Waals surface area contributed by atoms with Gasteiger partial charge in [0.25, 0.3) is 0 Å². The number of fused-ring (bicyclic) bond motifs is 3. The number of aliphatic hydroxyl groups excluding tert-OH is 2. The van der Waals surface area contributed by atoms with Gasteiger partial charge in [0, 0.05) is 30.2 Å². The first kappa shape index (κ1) is 24.3. The van der Waals surface area contributed by atoms with Crippen LogP contribution < -0.4 is 4.74 Å². The molecule has 4 rings (SSSR count). The van der Waals surface area contributed by atoms with Crippen LogP contribution in [-0.4, -0.2) is 53.1 Å². The third-order valence-corrected chi connectivity index (χ3v) is 7.82. The standard InChI is InChI=1S/C29H41NO3/c1-3-4-11-21(2)25(31)16-15-23-26(32)20-27-28(23)24-14-10-13-22(29(24)33-27)12-6-9-19-30-17-7-5-8-18-30/h10,13-16,21,23,25-28,31-32H,5-9,11-12,17-20H2,1-2H3/b16-15+/t21-,23-,25+,26+,27-,28-/m0/s1. The second kappa shape index (κ2) is 11.6. The first-order valence-corrected chi connectivity index (χ1v) is 13.0. The van der Waals surface area contributed by atoms with Gasteiger partial charge in [-0.15, -0.1) is 11.8 Å². The Kier molecular flexibility index (Phi) is 8.52. The SMILES string of the molecule is CC#CC[C@H](C)[C@H](O)/C=C/[C@@H]1[C@H]2c3cccc(CCCCN4CCCCC4)c3O[C@H]2C[C@H]1O. The highest BCUT2D eigenvalue weighted by Gasteiger charge is 2.48. The summed E-state index contributed by atoms with van der Waals surface area (Å²) in [5.74, 6) is 7.22. The molecule has 33 heavy (non-hydrogen) atoms. The van der Waals surface area contributed by atoms with Crippen LogP contribution in [0, 0.1) is 23.7 Å². The molecule has 2 N–H and O–H groups in total. The zero-order valence-electron chi connectivity index (χ0n) is 20.4. The van der Waals surface area contributed by atoms with Crippen molar-refractivity contribution in [3.63, 3.8) is 0 Å². The predicted octanol–water partition coefficient (Wildman–Crippen LogP) is 4.69. The summed E-state index contributed by atoms with van der Waals surface area (Å²) in [6.45, 7) is 7.59. The van der Waals surface area contributed by atoms with E-state index in [1.165, 1.54) is 62.9 Å². The summed E-state index contributed by atoms with van der Waals surface area (Å²) in [4.78, 5) is 2.61. The topological polar surface area (TPSA) is 52.9 Å². The molecule has 2 aliphatic heterocycles. The zero-order chi connectivity index (χ0) is 23.2. The molecule has 0 bridgehead atoms. The van der Waals surface area contributed by atoms with Crippen LogP contribution in [0.4, 0.5) is 0 Å². The van der Waals surface area contributed by atoms with Crippen molar-refractivity contribution in [2.45, 2.75) is 89.4 Å². The highest BCUT2D eigenvalue weighted by Crippen LogP contribution is 2.52. The average Bonchev–Trinajstić information content (AvgIpc) is 3.34. The third kappa shape index (κ3) is 5.83. The van der Waals surface area contributed by atoms with E-state index in [4.69, 9.17) is 4.74 Å². The summed E-state index contributed by atoms with van der Waals surface area (Å²) in [5, 5.41) is 21.3. The smallest absolute Gasteiger partial charge is 0.126 e. The van der Waals surface area contributed by atoms with Crippen LogP contribution in [-0.2, 0) is 6.42 Å². The molecule has 2 heterocycles. The van der Waals surface area contributed by atoms with Crippen LogP contribution >= 0.6 is 0 Å². The number of unbranched alkanes of at least 4 members (excludes halogenated alkanes) is 1. The van der Waals surface area contributed by atoms with Crippen molar-refractivity contribution in [2.75, 3.05) is 19.6 Å². The molecule has 3 aliphatic rings. The van der Waals surface area contributed by atoms with E-state index in [0.29, 0.717) is 12.8 Å². The summed E-state index contributed by atoms with van der Waals surface area (Å²) in [7, 11) is 0. The predicted molar refractivity (Wildman–Crippen MR) is 133 cm³/mol. The summed E-state index contributed by atoms with van der Waals surface area (Å²) in [5.41, 5.74) is 2.55. The lowest BCUT2D eigenvalue weighted by Gasteiger charge is -2.26. The zero-order valence-corrected chi connectivity index (χ0v) is 20.4. The van der Waals surface area contributed by atoms with Crippen LogP contribution in [0.2, 0.25) is 0 Å². The van der Waals surface area contributed by atoms with Crippen LogP contribution in [0.5, 0.6) is 5.75 Å². The number of aliphatic hydroxyl groups is 2. The molecule has 6 atom stereocenters. The third-order valence-electron chi connectivity index (χ3n) is 7.82. The quantitative estimate of drug-likeness (QED) is 0.325. The number of rotatable bonds is 9. The second-order valence-electron chi connectivity index (χ2n) is 10.2. The molecule has 2 fully saturated rings. The number of piperidine rings is 1. The Hall–Kier alpha value is -1.80. The fourth-order valence-electron chi connectivity index (χ4n) is 5.81. The van der Waals surface area contributed by atoms with Gasteiger partial charge in [0.05, 0.1) is 12.2 Å². The number of likely N-dealkylation sites (tertiary alicyclic amines) is 1. The van der Waals surface area contributed by atoms with Gasteiger partial charge >= 0.3 is 0 Å². The number of ether oxygens (including phenoxy) is 1. The van der Waals surface area contributed by atoms with E-state index in [9.17, 15) is 10.2 Å². The molecular weight excluding hydrogens is 410 g/mol. The first-order chi connectivity index (χ1) is 16.1. The van der Waals surface area contributed by atoms with E-state index >= 15 is 0 Å². The molecule has 1 saturated heterocycles. The molecule has 1 aromatic rings. The van der Waals surface area contributed by atoms with E-state index < -0.39 is 12.2 Å². The maximum Gasteiger partial charge on any atom is 0.126 e. The van der Waals surface area contributed by atoms with Crippen LogP contribution in [0.25, 0.3) is 0 Å². The van der Waals surface area contributed by atoms with Gasteiger partial charge in [-0.3, -0.25) is 0 Å². The van der Waals surface area contributed by atoms with Gasteiger partial charge in [-0.25, -0.2) is 0 Å². The van der Waals surface area contributed by atoms with E-state index in [2.05, 4.69) is 34.9 Å². The van der Waals surface area contributed by atoms with E-state index in [-0.39, 0.29) is 23.9 Å². The Balaban J connectivity index is 1.38. The molecule has 180 valence electrons. The summed E-state index contributed by atoms with van der Waals surface area (Å²) < 4.78 is 6.43. The number of para-hydroxylation sites is 1. The minimum atomic E-state index is -0.551. The molecular formula is C29H41NO3. The van der Waals surface area contributed by atoms with Crippen LogP contribution in [0.1, 0.15) is 75.8 Å². The lowest BCUT2D eigenvalue weighted by Crippen LogP contribution is -2.30.